The van der Waals surface area contributed by atoms with Crippen LogP contribution >= 0.6 is 0 Å². The largest absolute Gasteiger partial charge is 0.322 e. The first-order chi connectivity index (χ1) is 11.9. The van der Waals surface area contributed by atoms with E-state index in [4.69, 9.17) is 0 Å². The maximum Gasteiger partial charge on any atom is 0.248 e. The second-order valence-electron chi connectivity index (χ2n) is 5.41. The summed E-state index contributed by atoms with van der Waals surface area (Å²) in [6.07, 6.45) is 5.57. The van der Waals surface area contributed by atoms with Gasteiger partial charge in [-0.25, -0.2) is 13.4 Å². The predicted octanol–water partition coefficient (Wildman–Crippen LogP) is 2.69. The van der Waals surface area contributed by atoms with E-state index in [1.807, 2.05) is 24.3 Å². The van der Waals surface area contributed by atoms with Gasteiger partial charge in [0.25, 0.3) is 0 Å². The molecule has 6 nitrogen and oxygen atoms in total. The van der Waals surface area contributed by atoms with Crippen LogP contribution in [0, 0.1) is 0 Å². The number of benzene rings is 2. The summed E-state index contributed by atoms with van der Waals surface area (Å²) in [7, 11) is -3.32. The lowest BCUT2D eigenvalue weighted by Crippen LogP contribution is -2.08. The van der Waals surface area contributed by atoms with Crippen LogP contribution in [0.3, 0.4) is 0 Å². The Balaban J connectivity index is 1.74. The minimum Gasteiger partial charge on any atom is -0.322 e. The quantitative estimate of drug-likeness (QED) is 0.729. The average Bonchev–Trinajstić information content (AvgIpc) is 2.59. The van der Waals surface area contributed by atoms with E-state index < -0.39 is 9.84 Å². The molecule has 126 valence electrons. The number of hydrogen-bond donors (Lipinski definition) is 1. The highest BCUT2D eigenvalue weighted by Crippen LogP contribution is 2.15. The first-order valence-electron chi connectivity index (χ1n) is 7.43. The van der Waals surface area contributed by atoms with E-state index in [0.29, 0.717) is 11.4 Å². The normalized spacial score (nSPS) is 11.7. The summed E-state index contributed by atoms with van der Waals surface area (Å²) in [6.45, 7) is 0. The van der Waals surface area contributed by atoms with Crippen molar-refractivity contribution in [3.63, 3.8) is 0 Å². The number of aromatic nitrogens is 2. The Kier molecular flexibility index (Phi) is 4.58. The summed E-state index contributed by atoms with van der Waals surface area (Å²) in [5.41, 5.74) is 2.48. The first-order valence-corrected chi connectivity index (χ1v) is 9.32. The minimum atomic E-state index is -3.32. The van der Waals surface area contributed by atoms with Gasteiger partial charge in [0.1, 0.15) is 0 Å². The van der Waals surface area contributed by atoms with Gasteiger partial charge in [-0.2, -0.15) is 0 Å². The molecule has 1 N–H and O–H groups in total. The van der Waals surface area contributed by atoms with Crippen LogP contribution in [-0.2, 0) is 14.6 Å². The van der Waals surface area contributed by atoms with E-state index in [0.717, 1.165) is 17.3 Å². The molecule has 3 rings (SSSR count). The zero-order chi connectivity index (χ0) is 17.9. The molecular formula is C18H15N3O3S. The molecular weight excluding hydrogens is 338 g/mol. The number of nitrogens with zero attached hydrogens (tertiary/aromatic N) is 2. The van der Waals surface area contributed by atoms with Crippen LogP contribution in [0.1, 0.15) is 5.69 Å². The van der Waals surface area contributed by atoms with E-state index in [9.17, 15) is 13.2 Å². The molecule has 2 aromatic carbocycles. The summed E-state index contributed by atoms with van der Waals surface area (Å²) in [6, 6.07) is 13.5. The predicted molar refractivity (Wildman–Crippen MR) is 96.8 cm³/mol. The molecule has 0 radical (unpaired) electrons. The third-order valence-corrected chi connectivity index (χ3v) is 4.51. The fourth-order valence-electron chi connectivity index (χ4n) is 2.20. The molecule has 1 amide bonds. The molecule has 1 aromatic heterocycles. The van der Waals surface area contributed by atoms with E-state index >= 15 is 0 Å². The zero-order valence-electron chi connectivity index (χ0n) is 13.4. The van der Waals surface area contributed by atoms with Crippen molar-refractivity contribution < 1.29 is 13.2 Å². The first kappa shape index (κ1) is 16.8. The Morgan fingerprint density at radius 1 is 1.08 bits per heavy atom. The summed E-state index contributed by atoms with van der Waals surface area (Å²) in [5.74, 6) is -0.388. The molecule has 0 bridgehead atoms. The summed E-state index contributed by atoms with van der Waals surface area (Å²) in [4.78, 5) is 20.8. The smallest absolute Gasteiger partial charge is 0.248 e. The maximum absolute atomic E-state index is 12.0. The summed E-state index contributed by atoms with van der Waals surface area (Å²) in [5, 5.41) is 2.62. The van der Waals surface area contributed by atoms with Gasteiger partial charge < -0.3 is 5.32 Å². The molecule has 0 aliphatic carbocycles. The maximum atomic E-state index is 12.0. The van der Waals surface area contributed by atoms with E-state index in [-0.39, 0.29) is 10.8 Å². The number of carbonyl (C=O) groups excluding carboxylic acids is 1. The van der Waals surface area contributed by atoms with Gasteiger partial charge in [-0.1, -0.05) is 18.2 Å². The topological polar surface area (TPSA) is 89.0 Å². The second kappa shape index (κ2) is 6.82. The fraction of sp³-hybridized carbons (Fsp3) is 0.0556. The Hall–Kier alpha value is -3.06. The Morgan fingerprint density at radius 2 is 1.84 bits per heavy atom. The summed E-state index contributed by atoms with van der Waals surface area (Å²) < 4.78 is 23.1. The third kappa shape index (κ3) is 4.27. The van der Waals surface area contributed by atoms with Gasteiger partial charge in [-0.15, -0.1) is 0 Å². The van der Waals surface area contributed by atoms with Crippen LogP contribution in [0.5, 0.6) is 0 Å². The third-order valence-electron chi connectivity index (χ3n) is 3.40. The Morgan fingerprint density at radius 3 is 2.60 bits per heavy atom. The molecule has 1 heterocycles. The lowest BCUT2D eigenvalue weighted by molar-refractivity contribution is -0.111. The van der Waals surface area contributed by atoms with E-state index in [2.05, 4.69) is 15.3 Å². The fourth-order valence-corrected chi connectivity index (χ4v) is 2.87. The number of carbonyl (C=O) groups is 1. The van der Waals surface area contributed by atoms with Crippen molar-refractivity contribution in [3.8, 4) is 0 Å². The Bertz CT molecular complexity index is 1080. The molecule has 0 aliphatic heterocycles. The molecule has 0 fully saturated rings. The number of nitrogens with one attached hydrogen (secondary N) is 1. The van der Waals surface area contributed by atoms with Crippen molar-refractivity contribution in [1.29, 1.82) is 0 Å². The number of hydrogen-bond acceptors (Lipinski definition) is 5. The van der Waals surface area contributed by atoms with Gasteiger partial charge in [0, 0.05) is 18.0 Å². The molecule has 0 saturated heterocycles. The van der Waals surface area contributed by atoms with Crippen LogP contribution in [0.25, 0.3) is 17.1 Å². The molecule has 0 aliphatic rings. The molecule has 7 heteroatoms. The van der Waals surface area contributed by atoms with Crippen molar-refractivity contribution in [3.05, 3.63) is 66.5 Å². The van der Waals surface area contributed by atoms with Gasteiger partial charge in [-0.3, -0.25) is 9.78 Å². The van der Waals surface area contributed by atoms with Crippen molar-refractivity contribution in [2.75, 3.05) is 11.6 Å². The number of sulfone groups is 1. The molecule has 0 unspecified atom stereocenters. The highest BCUT2D eigenvalue weighted by Gasteiger charge is 2.08. The molecule has 0 saturated carbocycles. The van der Waals surface area contributed by atoms with Crippen molar-refractivity contribution in [2.24, 2.45) is 0 Å². The van der Waals surface area contributed by atoms with Crippen molar-refractivity contribution in [1.82, 2.24) is 9.97 Å². The standard InChI is InChI=1S/C18H15N3O3S/c1-25(23,24)15-6-4-5-13(11-15)21-18(22)10-9-14-12-19-16-7-2-3-8-17(16)20-14/h2-12H,1H3,(H,21,22)/b10-9+. The van der Waals surface area contributed by atoms with Gasteiger partial charge in [0.2, 0.25) is 5.91 Å². The number of fused-ring (bicyclic) bond motifs is 1. The minimum absolute atomic E-state index is 0.148. The number of anilines is 1. The van der Waals surface area contributed by atoms with Gasteiger partial charge in [0.15, 0.2) is 9.84 Å². The number of amides is 1. The molecule has 0 atom stereocenters. The second-order valence-corrected chi connectivity index (χ2v) is 7.42. The molecule has 0 spiro atoms. The van der Waals surface area contributed by atoms with Crippen LogP contribution < -0.4 is 5.32 Å². The summed E-state index contributed by atoms with van der Waals surface area (Å²) >= 11 is 0. The molecule has 3 aromatic rings. The van der Waals surface area contributed by atoms with Crippen molar-refractivity contribution >= 4 is 38.5 Å². The van der Waals surface area contributed by atoms with Gasteiger partial charge in [-0.05, 0) is 36.4 Å². The van der Waals surface area contributed by atoms with E-state index in [1.54, 1.807) is 24.4 Å². The van der Waals surface area contributed by atoms with Gasteiger partial charge in [0.05, 0.1) is 27.8 Å². The van der Waals surface area contributed by atoms with Gasteiger partial charge >= 0.3 is 0 Å². The highest BCUT2D eigenvalue weighted by molar-refractivity contribution is 7.90. The zero-order valence-corrected chi connectivity index (χ0v) is 14.2. The Labute approximate surface area is 145 Å². The monoisotopic (exact) mass is 353 g/mol. The SMILES string of the molecule is CS(=O)(=O)c1cccc(NC(=O)/C=C/c2cnc3ccccc3n2)c1. The van der Waals surface area contributed by atoms with Crippen LogP contribution in [-0.4, -0.2) is 30.5 Å². The van der Waals surface area contributed by atoms with Crippen molar-refractivity contribution in [2.45, 2.75) is 4.90 Å². The van der Waals surface area contributed by atoms with E-state index in [1.165, 1.54) is 18.2 Å². The van der Waals surface area contributed by atoms with Crippen LogP contribution in [0.4, 0.5) is 5.69 Å². The van der Waals surface area contributed by atoms with Crippen LogP contribution in [0.15, 0.2) is 65.7 Å². The lowest BCUT2D eigenvalue weighted by Gasteiger charge is -2.04. The number of para-hydroxylation sites is 2. The van der Waals surface area contributed by atoms with Crippen LogP contribution in [0.2, 0.25) is 0 Å². The number of rotatable bonds is 4. The molecule has 25 heavy (non-hydrogen) atoms. The highest BCUT2D eigenvalue weighted by atomic mass is 32.2. The lowest BCUT2D eigenvalue weighted by atomic mass is 10.3. The average molecular weight is 353 g/mol.